The monoisotopic (exact) mass is 500 g/mol. The van der Waals surface area contributed by atoms with Crippen molar-refractivity contribution < 1.29 is 0 Å². The molecule has 6 nitrogen and oxygen atoms in total. The van der Waals surface area contributed by atoms with E-state index in [1.807, 2.05) is 120 Å². The van der Waals surface area contributed by atoms with Gasteiger partial charge in [-0.3, -0.25) is 0 Å². The molecule has 0 atom stereocenters. The Balaban J connectivity index is 1.37. The number of anilines is 1. The predicted octanol–water partition coefficient (Wildman–Crippen LogP) is 7.25. The Bertz CT molecular complexity index is 1700. The summed E-state index contributed by atoms with van der Waals surface area (Å²) >= 11 is 6.28. The van der Waals surface area contributed by atoms with Crippen LogP contribution in [-0.2, 0) is 0 Å². The van der Waals surface area contributed by atoms with Gasteiger partial charge in [-0.05, 0) is 30.3 Å². The lowest BCUT2D eigenvalue weighted by atomic mass is 10.1. The molecule has 0 aliphatic rings. The first kappa shape index (κ1) is 22.6. The maximum atomic E-state index is 6.28. The lowest BCUT2D eigenvalue weighted by Crippen LogP contribution is -2.00. The zero-order valence-corrected chi connectivity index (χ0v) is 20.4. The number of hydrogen-bond donors (Lipinski definition) is 1. The molecule has 0 amide bonds. The summed E-state index contributed by atoms with van der Waals surface area (Å²) in [6, 6.07) is 35.6. The summed E-state index contributed by atoms with van der Waals surface area (Å²) in [5.41, 5.74) is 9.21. The molecule has 178 valence electrons. The third-order valence-electron chi connectivity index (χ3n) is 5.88. The SMILES string of the molecule is Clc1ccc2nc(N/N=C\c3cn(-c4ccccc4)nc3-c3ccccc3)nc(-c3ccccc3)c2c1. The highest BCUT2D eigenvalue weighted by atomic mass is 35.5. The van der Waals surface area contributed by atoms with Crippen molar-refractivity contribution in [3.63, 3.8) is 0 Å². The Morgan fingerprint density at radius 1 is 0.730 bits per heavy atom. The third-order valence-corrected chi connectivity index (χ3v) is 6.12. The number of nitrogens with zero attached hydrogens (tertiary/aromatic N) is 5. The number of fused-ring (bicyclic) bond motifs is 1. The van der Waals surface area contributed by atoms with Crippen LogP contribution >= 0.6 is 11.6 Å². The van der Waals surface area contributed by atoms with E-state index < -0.39 is 0 Å². The second-order valence-electron chi connectivity index (χ2n) is 8.37. The smallest absolute Gasteiger partial charge is 0.244 e. The van der Waals surface area contributed by atoms with E-state index in [4.69, 9.17) is 21.7 Å². The van der Waals surface area contributed by atoms with Crippen LogP contribution in [0.15, 0.2) is 120 Å². The lowest BCUT2D eigenvalue weighted by molar-refractivity contribution is 0.884. The van der Waals surface area contributed by atoms with E-state index >= 15 is 0 Å². The standard InChI is InChI=1S/C30H21ClN6/c31-24-16-17-27-26(18-24)29(22-12-6-2-7-13-22)34-30(33-27)35-32-19-23-20-37(25-14-8-3-9-15-25)36-28(23)21-10-4-1-5-11-21/h1-20H,(H,33,34,35)/b32-19-. The average Bonchev–Trinajstić information content (AvgIpc) is 3.38. The molecule has 0 spiro atoms. The van der Waals surface area contributed by atoms with Crippen LogP contribution in [0.2, 0.25) is 5.02 Å². The van der Waals surface area contributed by atoms with Crippen molar-refractivity contribution in [1.29, 1.82) is 0 Å². The highest BCUT2D eigenvalue weighted by Gasteiger charge is 2.12. The molecule has 0 saturated carbocycles. The Morgan fingerprint density at radius 2 is 1.38 bits per heavy atom. The van der Waals surface area contributed by atoms with Gasteiger partial charge in [-0.1, -0.05) is 90.5 Å². The van der Waals surface area contributed by atoms with Gasteiger partial charge in [-0.25, -0.2) is 20.1 Å². The van der Waals surface area contributed by atoms with E-state index in [9.17, 15) is 0 Å². The topological polar surface area (TPSA) is 68.0 Å². The van der Waals surface area contributed by atoms with E-state index in [0.717, 1.165) is 44.7 Å². The van der Waals surface area contributed by atoms with Gasteiger partial charge in [0.15, 0.2) is 0 Å². The number of rotatable bonds is 6. The molecule has 6 aromatic rings. The Hall–Kier alpha value is -4.81. The number of para-hydroxylation sites is 1. The van der Waals surface area contributed by atoms with E-state index in [0.29, 0.717) is 11.0 Å². The minimum atomic E-state index is 0.390. The molecule has 0 unspecified atom stereocenters. The number of benzene rings is 4. The second kappa shape index (κ2) is 10.0. The van der Waals surface area contributed by atoms with Gasteiger partial charge in [0.1, 0.15) is 5.69 Å². The molecule has 37 heavy (non-hydrogen) atoms. The van der Waals surface area contributed by atoms with Crippen molar-refractivity contribution in [2.75, 3.05) is 5.43 Å². The number of aromatic nitrogens is 4. The number of hydrogen-bond acceptors (Lipinski definition) is 5. The van der Waals surface area contributed by atoms with Crippen LogP contribution in [0.5, 0.6) is 0 Å². The third kappa shape index (κ3) is 4.83. The minimum Gasteiger partial charge on any atom is -0.245 e. The number of nitrogens with one attached hydrogen (secondary N) is 1. The fourth-order valence-corrected chi connectivity index (χ4v) is 4.31. The first-order valence-corrected chi connectivity index (χ1v) is 12.1. The van der Waals surface area contributed by atoms with E-state index in [-0.39, 0.29) is 0 Å². The lowest BCUT2D eigenvalue weighted by Gasteiger charge is -2.09. The fraction of sp³-hybridized carbons (Fsp3) is 0. The van der Waals surface area contributed by atoms with Gasteiger partial charge >= 0.3 is 0 Å². The summed E-state index contributed by atoms with van der Waals surface area (Å²) in [4.78, 5) is 9.41. The van der Waals surface area contributed by atoms with Crippen molar-refractivity contribution in [2.24, 2.45) is 5.10 Å². The second-order valence-corrected chi connectivity index (χ2v) is 8.81. The predicted molar refractivity (Wildman–Crippen MR) is 150 cm³/mol. The molecule has 4 aromatic carbocycles. The zero-order chi connectivity index (χ0) is 25.0. The molecule has 2 aromatic heterocycles. The molecule has 0 aliphatic heterocycles. The number of halogens is 1. The highest BCUT2D eigenvalue weighted by molar-refractivity contribution is 6.31. The Morgan fingerprint density at radius 3 is 2.08 bits per heavy atom. The summed E-state index contributed by atoms with van der Waals surface area (Å²) in [6.45, 7) is 0. The van der Waals surface area contributed by atoms with Crippen molar-refractivity contribution in [1.82, 2.24) is 19.7 Å². The molecule has 0 radical (unpaired) electrons. The van der Waals surface area contributed by atoms with Crippen LogP contribution in [0.4, 0.5) is 5.95 Å². The van der Waals surface area contributed by atoms with Gasteiger partial charge in [0.05, 0.1) is 23.1 Å². The molecular weight excluding hydrogens is 480 g/mol. The van der Waals surface area contributed by atoms with Crippen LogP contribution in [0.3, 0.4) is 0 Å². The minimum absolute atomic E-state index is 0.390. The van der Waals surface area contributed by atoms with E-state index in [1.54, 1.807) is 6.21 Å². The van der Waals surface area contributed by atoms with Gasteiger partial charge in [0, 0.05) is 33.3 Å². The first-order chi connectivity index (χ1) is 18.2. The largest absolute Gasteiger partial charge is 0.245 e. The zero-order valence-electron chi connectivity index (χ0n) is 19.7. The van der Waals surface area contributed by atoms with Gasteiger partial charge in [0.25, 0.3) is 0 Å². The molecule has 0 saturated heterocycles. The highest BCUT2D eigenvalue weighted by Crippen LogP contribution is 2.29. The summed E-state index contributed by atoms with van der Waals surface area (Å²) in [5.74, 6) is 0.390. The molecule has 1 N–H and O–H groups in total. The van der Waals surface area contributed by atoms with Crippen molar-refractivity contribution in [3.8, 4) is 28.2 Å². The van der Waals surface area contributed by atoms with Crippen LogP contribution in [0, 0.1) is 0 Å². The van der Waals surface area contributed by atoms with Crippen LogP contribution in [-0.4, -0.2) is 26.0 Å². The van der Waals surface area contributed by atoms with Gasteiger partial charge in [0.2, 0.25) is 5.95 Å². The van der Waals surface area contributed by atoms with Crippen molar-refractivity contribution in [3.05, 3.63) is 126 Å². The van der Waals surface area contributed by atoms with Crippen LogP contribution in [0.25, 0.3) is 39.1 Å². The Kier molecular flexibility index (Phi) is 6.15. The molecular formula is C30H21ClN6. The first-order valence-electron chi connectivity index (χ1n) is 11.8. The Labute approximate surface area is 218 Å². The number of hydrazone groups is 1. The van der Waals surface area contributed by atoms with Crippen molar-refractivity contribution >= 4 is 34.7 Å². The molecule has 2 heterocycles. The summed E-state index contributed by atoms with van der Waals surface area (Å²) in [6.07, 6.45) is 3.70. The molecule has 7 heteroatoms. The summed E-state index contributed by atoms with van der Waals surface area (Å²) < 4.78 is 1.85. The van der Waals surface area contributed by atoms with Crippen LogP contribution in [0.1, 0.15) is 5.56 Å². The van der Waals surface area contributed by atoms with E-state index in [1.165, 1.54) is 0 Å². The van der Waals surface area contributed by atoms with Gasteiger partial charge < -0.3 is 0 Å². The molecule has 0 bridgehead atoms. The van der Waals surface area contributed by atoms with Gasteiger partial charge in [-0.15, -0.1) is 0 Å². The summed E-state index contributed by atoms with van der Waals surface area (Å²) in [5, 5.41) is 10.8. The molecule has 6 rings (SSSR count). The van der Waals surface area contributed by atoms with Crippen molar-refractivity contribution in [2.45, 2.75) is 0 Å². The van der Waals surface area contributed by atoms with Crippen LogP contribution < -0.4 is 5.43 Å². The fourth-order valence-electron chi connectivity index (χ4n) is 4.14. The molecule has 0 fully saturated rings. The quantitative estimate of drug-likeness (QED) is 0.193. The normalized spacial score (nSPS) is 11.3. The van der Waals surface area contributed by atoms with E-state index in [2.05, 4.69) is 15.5 Å². The maximum absolute atomic E-state index is 6.28. The van der Waals surface area contributed by atoms with Gasteiger partial charge in [-0.2, -0.15) is 10.2 Å². The summed E-state index contributed by atoms with van der Waals surface area (Å²) in [7, 11) is 0. The molecule has 0 aliphatic carbocycles. The maximum Gasteiger partial charge on any atom is 0.244 e. The average molecular weight is 501 g/mol.